The summed E-state index contributed by atoms with van der Waals surface area (Å²) in [7, 11) is 0. The van der Waals surface area contributed by atoms with Crippen molar-refractivity contribution in [3.05, 3.63) is 81.0 Å². The molecule has 1 atom stereocenters. The molecule has 4 rings (SSSR count). The van der Waals surface area contributed by atoms with Crippen molar-refractivity contribution >= 4 is 46.7 Å². The number of carbonyl (C=O) groups is 3. The maximum absolute atomic E-state index is 12.9. The van der Waals surface area contributed by atoms with E-state index in [1.54, 1.807) is 10.7 Å². The SMILES string of the molecule is Cc1cc(NC(=O)C(C)N2C(=O)c3cc(Cl)c(Cl)cc3C2=O)n(Cc2ccccc2)n1. The Morgan fingerprint density at radius 1 is 1.03 bits per heavy atom. The fourth-order valence-corrected chi connectivity index (χ4v) is 3.80. The van der Waals surface area contributed by atoms with Gasteiger partial charge in [0.2, 0.25) is 5.91 Å². The van der Waals surface area contributed by atoms with Gasteiger partial charge in [0.05, 0.1) is 33.4 Å². The molecule has 3 amide bonds. The average Bonchev–Trinajstić information content (AvgIpc) is 3.19. The van der Waals surface area contributed by atoms with E-state index in [2.05, 4.69) is 10.4 Å². The van der Waals surface area contributed by atoms with Gasteiger partial charge in [-0.3, -0.25) is 19.3 Å². The smallest absolute Gasteiger partial charge is 0.262 e. The summed E-state index contributed by atoms with van der Waals surface area (Å²) >= 11 is 12.0. The lowest BCUT2D eigenvalue weighted by atomic mass is 10.1. The first-order chi connectivity index (χ1) is 14.8. The van der Waals surface area contributed by atoms with Crippen LogP contribution in [0.2, 0.25) is 10.0 Å². The maximum atomic E-state index is 12.9. The summed E-state index contributed by atoms with van der Waals surface area (Å²) < 4.78 is 1.66. The lowest BCUT2D eigenvalue weighted by molar-refractivity contribution is -0.119. The van der Waals surface area contributed by atoms with Crippen molar-refractivity contribution in [3.63, 3.8) is 0 Å². The largest absolute Gasteiger partial charge is 0.309 e. The van der Waals surface area contributed by atoms with Crippen LogP contribution in [0.5, 0.6) is 0 Å². The van der Waals surface area contributed by atoms with Gasteiger partial charge in [-0.1, -0.05) is 53.5 Å². The number of carbonyl (C=O) groups excluding carboxylic acids is 3. The number of rotatable bonds is 5. The molecule has 9 heteroatoms. The standard InChI is InChI=1S/C22H18Cl2N4O3/c1-12-8-19(27(26-12)11-14-6-4-3-5-7-14)25-20(29)13(2)28-21(30)15-9-17(23)18(24)10-16(15)22(28)31/h3-10,13H,11H2,1-2H3,(H,25,29). The van der Waals surface area contributed by atoms with Crippen molar-refractivity contribution in [3.8, 4) is 0 Å². The van der Waals surface area contributed by atoms with E-state index in [1.807, 2.05) is 37.3 Å². The highest BCUT2D eigenvalue weighted by Gasteiger charge is 2.41. The van der Waals surface area contributed by atoms with E-state index in [0.29, 0.717) is 12.4 Å². The van der Waals surface area contributed by atoms with Gasteiger partial charge in [0, 0.05) is 6.07 Å². The summed E-state index contributed by atoms with van der Waals surface area (Å²) in [6.45, 7) is 3.77. The molecule has 0 spiro atoms. The number of amides is 3. The third kappa shape index (κ3) is 3.94. The minimum Gasteiger partial charge on any atom is -0.309 e. The fraction of sp³-hybridized carbons (Fsp3) is 0.182. The Labute approximate surface area is 188 Å². The number of aromatic nitrogens is 2. The summed E-state index contributed by atoms with van der Waals surface area (Å²) in [4.78, 5) is 39.4. The number of hydrogen-bond donors (Lipinski definition) is 1. The number of imide groups is 1. The molecule has 0 radical (unpaired) electrons. The van der Waals surface area contributed by atoms with Gasteiger partial charge in [0.25, 0.3) is 11.8 Å². The number of nitrogens with one attached hydrogen (secondary N) is 1. The first kappa shape index (κ1) is 21.1. The average molecular weight is 457 g/mol. The Hall–Kier alpha value is -3.16. The van der Waals surface area contributed by atoms with Crippen molar-refractivity contribution in [2.45, 2.75) is 26.4 Å². The molecule has 0 saturated carbocycles. The van der Waals surface area contributed by atoms with Gasteiger partial charge in [-0.2, -0.15) is 5.10 Å². The van der Waals surface area contributed by atoms with Gasteiger partial charge in [0.1, 0.15) is 11.9 Å². The minimum absolute atomic E-state index is 0.129. The van der Waals surface area contributed by atoms with Gasteiger partial charge in [-0.25, -0.2) is 4.68 Å². The normalized spacial score (nSPS) is 14.0. The zero-order valence-electron chi connectivity index (χ0n) is 16.7. The van der Waals surface area contributed by atoms with Gasteiger partial charge >= 0.3 is 0 Å². The molecule has 0 aliphatic carbocycles. The molecule has 2 aromatic carbocycles. The highest BCUT2D eigenvalue weighted by Crippen LogP contribution is 2.32. The van der Waals surface area contributed by atoms with Crippen LogP contribution < -0.4 is 5.32 Å². The lowest BCUT2D eigenvalue weighted by Crippen LogP contribution is -2.45. The molecule has 0 saturated heterocycles. The second-order valence-corrected chi connectivity index (χ2v) is 8.09. The molecular formula is C22H18Cl2N4O3. The van der Waals surface area contributed by atoms with E-state index in [0.717, 1.165) is 16.2 Å². The van der Waals surface area contributed by atoms with Gasteiger partial charge in [0.15, 0.2) is 0 Å². The Morgan fingerprint density at radius 2 is 1.61 bits per heavy atom. The molecule has 1 aliphatic heterocycles. The van der Waals surface area contributed by atoms with Crippen LogP contribution >= 0.6 is 23.2 Å². The molecule has 7 nitrogen and oxygen atoms in total. The molecule has 0 fully saturated rings. The summed E-state index contributed by atoms with van der Waals surface area (Å²) in [5.41, 5.74) is 2.00. The summed E-state index contributed by atoms with van der Waals surface area (Å²) in [6.07, 6.45) is 0. The second-order valence-electron chi connectivity index (χ2n) is 7.27. The molecule has 31 heavy (non-hydrogen) atoms. The number of nitrogens with zero attached hydrogens (tertiary/aromatic N) is 3. The number of benzene rings is 2. The van der Waals surface area contributed by atoms with Gasteiger partial charge in [-0.15, -0.1) is 0 Å². The van der Waals surface area contributed by atoms with Crippen molar-refractivity contribution in [1.82, 2.24) is 14.7 Å². The minimum atomic E-state index is -1.05. The Bertz CT molecular complexity index is 1170. The fourth-order valence-electron chi connectivity index (χ4n) is 3.48. The number of halogens is 2. The van der Waals surface area contributed by atoms with Crippen LogP contribution in [0.15, 0.2) is 48.5 Å². The van der Waals surface area contributed by atoms with Crippen molar-refractivity contribution in [1.29, 1.82) is 0 Å². The maximum Gasteiger partial charge on any atom is 0.262 e. The Morgan fingerprint density at radius 3 is 2.19 bits per heavy atom. The van der Waals surface area contributed by atoms with E-state index in [4.69, 9.17) is 23.2 Å². The van der Waals surface area contributed by atoms with E-state index in [1.165, 1.54) is 19.1 Å². The van der Waals surface area contributed by atoms with Gasteiger partial charge in [-0.05, 0) is 31.5 Å². The molecule has 3 aromatic rings. The first-order valence-electron chi connectivity index (χ1n) is 9.52. The van der Waals surface area contributed by atoms with Crippen molar-refractivity contribution in [2.24, 2.45) is 0 Å². The van der Waals surface area contributed by atoms with Crippen molar-refractivity contribution in [2.75, 3.05) is 5.32 Å². The molecule has 1 N–H and O–H groups in total. The van der Waals surface area contributed by atoms with E-state index >= 15 is 0 Å². The van der Waals surface area contributed by atoms with E-state index in [9.17, 15) is 14.4 Å². The van der Waals surface area contributed by atoms with Crippen LogP contribution in [0.3, 0.4) is 0 Å². The molecule has 0 bridgehead atoms. The molecule has 1 unspecified atom stereocenters. The zero-order valence-corrected chi connectivity index (χ0v) is 18.2. The van der Waals surface area contributed by atoms with Crippen LogP contribution in [-0.4, -0.2) is 38.4 Å². The lowest BCUT2D eigenvalue weighted by Gasteiger charge is -2.21. The highest BCUT2D eigenvalue weighted by molar-refractivity contribution is 6.43. The first-order valence-corrected chi connectivity index (χ1v) is 10.3. The highest BCUT2D eigenvalue weighted by atomic mass is 35.5. The topological polar surface area (TPSA) is 84.3 Å². The zero-order chi connectivity index (χ0) is 22.3. The third-order valence-electron chi connectivity index (χ3n) is 5.05. The molecular weight excluding hydrogens is 439 g/mol. The summed E-state index contributed by atoms with van der Waals surface area (Å²) in [6, 6.07) is 13.1. The Kier molecular flexibility index (Phi) is 5.56. The van der Waals surface area contributed by atoms with Crippen LogP contribution in [0.4, 0.5) is 5.82 Å². The van der Waals surface area contributed by atoms with Crippen LogP contribution in [0.1, 0.15) is 38.9 Å². The second kappa shape index (κ2) is 8.17. The predicted octanol–water partition coefficient (Wildman–Crippen LogP) is 4.17. The van der Waals surface area contributed by atoms with E-state index < -0.39 is 23.8 Å². The molecule has 1 aliphatic rings. The van der Waals surface area contributed by atoms with E-state index in [-0.39, 0.29) is 21.2 Å². The van der Waals surface area contributed by atoms with Crippen LogP contribution in [-0.2, 0) is 11.3 Å². The third-order valence-corrected chi connectivity index (χ3v) is 5.78. The number of aryl methyl sites for hydroxylation is 1. The summed E-state index contributed by atoms with van der Waals surface area (Å²) in [5.74, 6) is -1.22. The van der Waals surface area contributed by atoms with Crippen LogP contribution in [0, 0.1) is 6.92 Å². The quantitative estimate of drug-likeness (QED) is 0.583. The molecule has 2 heterocycles. The van der Waals surface area contributed by atoms with Gasteiger partial charge < -0.3 is 5.32 Å². The number of hydrogen-bond acceptors (Lipinski definition) is 4. The summed E-state index contributed by atoms with van der Waals surface area (Å²) in [5, 5.41) is 7.54. The van der Waals surface area contributed by atoms with Crippen LogP contribution in [0.25, 0.3) is 0 Å². The molecule has 1 aromatic heterocycles. The monoisotopic (exact) mass is 456 g/mol. The predicted molar refractivity (Wildman–Crippen MR) is 118 cm³/mol. The molecule has 158 valence electrons. The number of anilines is 1. The van der Waals surface area contributed by atoms with Crippen molar-refractivity contribution < 1.29 is 14.4 Å². The number of fused-ring (bicyclic) bond motifs is 1. The Balaban J connectivity index is 1.55.